The molecule has 17 heavy (non-hydrogen) atoms. The van der Waals surface area contributed by atoms with Crippen LogP contribution in [0.1, 0.15) is 12.8 Å². The lowest BCUT2D eigenvalue weighted by atomic mass is 9.94. The largest absolute Gasteiger partial charge is 0.388 e. The summed E-state index contributed by atoms with van der Waals surface area (Å²) in [4.78, 5) is 7.74. The predicted molar refractivity (Wildman–Crippen MR) is 64.9 cm³/mol. The first kappa shape index (κ1) is 12.3. The summed E-state index contributed by atoms with van der Waals surface area (Å²) < 4.78 is 5.20. The third-order valence-corrected chi connectivity index (χ3v) is 3.20. The molecule has 7 heteroatoms. The molecule has 0 unspecified atom stereocenters. The highest BCUT2D eigenvalue weighted by Gasteiger charge is 2.29. The van der Waals surface area contributed by atoms with E-state index in [-0.39, 0.29) is 10.8 Å². The molecule has 1 fully saturated rings. The number of hydrogen-bond donors (Lipinski definition) is 3. The van der Waals surface area contributed by atoms with Gasteiger partial charge in [-0.2, -0.15) is 0 Å². The zero-order chi connectivity index (χ0) is 12.3. The molecule has 0 aromatic carbocycles. The summed E-state index contributed by atoms with van der Waals surface area (Å²) in [6.07, 6.45) is 2.52. The van der Waals surface area contributed by atoms with Crippen molar-refractivity contribution in [3.05, 3.63) is 11.3 Å². The Hall–Kier alpha value is -1.11. The number of anilines is 2. The maximum absolute atomic E-state index is 10.2. The van der Waals surface area contributed by atoms with Crippen molar-refractivity contribution >= 4 is 23.2 Å². The van der Waals surface area contributed by atoms with Gasteiger partial charge in [-0.25, -0.2) is 9.97 Å². The lowest BCUT2D eigenvalue weighted by Crippen LogP contribution is -2.42. The number of rotatable bonds is 3. The molecule has 6 nitrogen and oxygen atoms in total. The first-order valence-electron chi connectivity index (χ1n) is 5.41. The van der Waals surface area contributed by atoms with Gasteiger partial charge in [-0.15, -0.1) is 0 Å². The Bertz CT molecular complexity index is 396. The number of ether oxygens (including phenoxy) is 1. The highest BCUT2D eigenvalue weighted by Crippen LogP contribution is 2.25. The van der Waals surface area contributed by atoms with Gasteiger partial charge in [-0.1, -0.05) is 11.6 Å². The van der Waals surface area contributed by atoms with Crippen molar-refractivity contribution in [2.75, 3.05) is 30.8 Å². The van der Waals surface area contributed by atoms with Crippen LogP contribution < -0.4 is 11.1 Å². The molecular weight excluding hydrogens is 244 g/mol. The molecule has 1 aromatic heterocycles. The molecule has 0 radical (unpaired) electrons. The maximum Gasteiger partial charge on any atom is 0.150 e. The quantitative estimate of drug-likeness (QED) is 0.738. The third kappa shape index (κ3) is 2.96. The fourth-order valence-electron chi connectivity index (χ4n) is 1.68. The highest BCUT2D eigenvalue weighted by molar-refractivity contribution is 6.35. The van der Waals surface area contributed by atoms with Crippen molar-refractivity contribution in [1.82, 2.24) is 9.97 Å². The molecule has 1 aromatic rings. The van der Waals surface area contributed by atoms with Gasteiger partial charge in [-0.05, 0) is 0 Å². The Kier molecular flexibility index (Phi) is 3.66. The number of nitrogens with zero attached hydrogens (tertiary/aromatic N) is 2. The molecule has 0 bridgehead atoms. The average Bonchev–Trinajstić information content (AvgIpc) is 2.32. The minimum Gasteiger partial charge on any atom is -0.388 e. The molecule has 0 aliphatic carbocycles. The number of hydrogen-bond acceptors (Lipinski definition) is 6. The SMILES string of the molecule is Nc1ncnc(NCC2(O)CCOCC2)c1Cl. The van der Waals surface area contributed by atoms with Crippen molar-refractivity contribution in [2.24, 2.45) is 0 Å². The Labute approximate surface area is 104 Å². The van der Waals surface area contributed by atoms with E-state index in [0.29, 0.717) is 38.4 Å². The number of aliphatic hydroxyl groups is 1. The summed E-state index contributed by atoms with van der Waals surface area (Å²) >= 11 is 5.94. The van der Waals surface area contributed by atoms with Gasteiger partial charge in [0.1, 0.15) is 17.2 Å². The zero-order valence-corrected chi connectivity index (χ0v) is 10.1. The number of nitrogen functional groups attached to an aromatic ring is 1. The molecule has 1 aliphatic heterocycles. The van der Waals surface area contributed by atoms with Gasteiger partial charge in [0.05, 0.1) is 5.60 Å². The molecule has 0 amide bonds. The van der Waals surface area contributed by atoms with Crippen molar-refractivity contribution in [1.29, 1.82) is 0 Å². The van der Waals surface area contributed by atoms with Crippen molar-refractivity contribution in [3.8, 4) is 0 Å². The molecule has 0 spiro atoms. The van der Waals surface area contributed by atoms with Crippen LogP contribution in [-0.2, 0) is 4.74 Å². The molecule has 2 heterocycles. The minimum absolute atomic E-state index is 0.225. The predicted octanol–water partition coefficient (Wildman–Crippen LogP) is 0.666. The highest BCUT2D eigenvalue weighted by atomic mass is 35.5. The van der Waals surface area contributed by atoms with Crippen LogP contribution in [0.15, 0.2) is 6.33 Å². The van der Waals surface area contributed by atoms with Crippen LogP contribution in [0.5, 0.6) is 0 Å². The summed E-state index contributed by atoms with van der Waals surface area (Å²) in [5.41, 5.74) is 4.78. The summed E-state index contributed by atoms with van der Waals surface area (Å²) in [6, 6.07) is 0. The van der Waals surface area contributed by atoms with Crippen LogP contribution in [0.2, 0.25) is 5.02 Å². The van der Waals surface area contributed by atoms with Crippen molar-refractivity contribution < 1.29 is 9.84 Å². The van der Waals surface area contributed by atoms with Gasteiger partial charge in [0.15, 0.2) is 5.82 Å². The lowest BCUT2D eigenvalue weighted by molar-refractivity contribution is -0.0543. The van der Waals surface area contributed by atoms with E-state index in [0.717, 1.165) is 0 Å². The van der Waals surface area contributed by atoms with E-state index in [1.54, 1.807) is 0 Å². The van der Waals surface area contributed by atoms with Crippen LogP contribution >= 0.6 is 11.6 Å². The van der Waals surface area contributed by atoms with E-state index in [4.69, 9.17) is 22.1 Å². The van der Waals surface area contributed by atoms with Crippen LogP contribution in [0, 0.1) is 0 Å². The molecular formula is C10H15ClN4O2. The number of nitrogens with one attached hydrogen (secondary N) is 1. The fraction of sp³-hybridized carbons (Fsp3) is 0.600. The Morgan fingerprint density at radius 3 is 2.88 bits per heavy atom. The first-order valence-corrected chi connectivity index (χ1v) is 5.78. The lowest BCUT2D eigenvalue weighted by Gasteiger charge is -2.32. The topological polar surface area (TPSA) is 93.3 Å². The second-order valence-corrected chi connectivity index (χ2v) is 4.49. The van der Waals surface area contributed by atoms with Gasteiger partial charge >= 0.3 is 0 Å². The minimum atomic E-state index is -0.776. The third-order valence-electron chi connectivity index (χ3n) is 2.82. The van der Waals surface area contributed by atoms with Gasteiger partial charge < -0.3 is 20.9 Å². The molecule has 1 saturated heterocycles. The standard InChI is InChI=1S/C10H15ClN4O2/c11-7-8(12)14-6-15-9(7)13-5-10(16)1-3-17-4-2-10/h6,16H,1-5H2,(H3,12,13,14,15). The van der Waals surface area contributed by atoms with Crippen LogP contribution in [-0.4, -0.2) is 40.4 Å². The monoisotopic (exact) mass is 258 g/mol. The number of halogens is 1. The summed E-state index contributed by atoms with van der Waals surface area (Å²) in [7, 11) is 0. The number of aromatic nitrogens is 2. The van der Waals surface area contributed by atoms with E-state index >= 15 is 0 Å². The Balaban J connectivity index is 1.99. The van der Waals surface area contributed by atoms with E-state index < -0.39 is 5.60 Å². The van der Waals surface area contributed by atoms with Gasteiger partial charge in [0.2, 0.25) is 0 Å². The van der Waals surface area contributed by atoms with Gasteiger partial charge in [0, 0.05) is 32.6 Å². The smallest absolute Gasteiger partial charge is 0.150 e. The Morgan fingerprint density at radius 1 is 1.47 bits per heavy atom. The first-order chi connectivity index (χ1) is 8.11. The van der Waals surface area contributed by atoms with Gasteiger partial charge in [0.25, 0.3) is 0 Å². The van der Waals surface area contributed by atoms with Crippen LogP contribution in [0.4, 0.5) is 11.6 Å². The zero-order valence-electron chi connectivity index (χ0n) is 9.32. The van der Waals surface area contributed by atoms with Crippen LogP contribution in [0.3, 0.4) is 0 Å². The molecule has 4 N–H and O–H groups in total. The van der Waals surface area contributed by atoms with Crippen LogP contribution in [0.25, 0.3) is 0 Å². The van der Waals surface area contributed by atoms with E-state index in [1.165, 1.54) is 6.33 Å². The summed E-state index contributed by atoms with van der Waals surface area (Å²) in [5, 5.41) is 13.5. The van der Waals surface area contributed by atoms with E-state index in [9.17, 15) is 5.11 Å². The fourth-order valence-corrected chi connectivity index (χ4v) is 1.85. The molecule has 0 atom stereocenters. The summed E-state index contributed by atoms with van der Waals surface area (Å²) in [5.74, 6) is 0.669. The van der Waals surface area contributed by atoms with Gasteiger partial charge in [-0.3, -0.25) is 0 Å². The maximum atomic E-state index is 10.2. The molecule has 1 aliphatic rings. The average molecular weight is 259 g/mol. The summed E-state index contributed by atoms with van der Waals surface area (Å²) in [6.45, 7) is 1.50. The molecule has 94 valence electrons. The van der Waals surface area contributed by atoms with E-state index in [1.807, 2.05) is 0 Å². The second kappa shape index (κ2) is 5.03. The Morgan fingerprint density at radius 2 is 2.18 bits per heavy atom. The van der Waals surface area contributed by atoms with Crippen molar-refractivity contribution in [3.63, 3.8) is 0 Å². The molecule has 0 saturated carbocycles. The van der Waals surface area contributed by atoms with Crippen molar-refractivity contribution in [2.45, 2.75) is 18.4 Å². The van der Waals surface area contributed by atoms with E-state index in [2.05, 4.69) is 15.3 Å². The second-order valence-electron chi connectivity index (χ2n) is 4.11. The normalized spacial score (nSPS) is 18.9. The molecule has 2 rings (SSSR count). The number of nitrogens with two attached hydrogens (primary N) is 1.